The highest BCUT2D eigenvalue weighted by atomic mass is 19.2. The van der Waals surface area contributed by atoms with Crippen molar-refractivity contribution in [1.29, 1.82) is 0 Å². The third-order valence-corrected chi connectivity index (χ3v) is 2.94. The first-order chi connectivity index (χ1) is 8.60. The molecule has 0 radical (unpaired) electrons. The highest BCUT2D eigenvalue weighted by Gasteiger charge is 2.16. The van der Waals surface area contributed by atoms with Crippen LogP contribution in [0.4, 0.5) is 8.78 Å². The Bertz CT molecular complexity index is 374. The van der Waals surface area contributed by atoms with Gasteiger partial charge in [0.25, 0.3) is 0 Å². The Morgan fingerprint density at radius 2 is 2.06 bits per heavy atom. The number of likely N-dealkylation sites (N-methyl/N-ethyl adjacent to an activating group) is 1. The van der Waals surface area contributed by atoms with Crippen LogP contribution >= 0.6 is 0 Å². The molecule has 3 nitrogen and oxygen atoms in total. The van der Waals surface area contributed by atoms with E-state index < -0.39 is 11.6 Å². The van der Waals surface area contributed by atoms with E-state index in [1.165, 1.54) is 6.07 Å². The average Bonchev–Trinajstić information content (AvgIpc) is 2.35. The predicted octanol–water partition coefficient (Wildman–Crippen LogP) is 1.93. The normalized spacial score (nSPS) is 13.0. The van der Waals surface area contributed by atoms with Gasteiger partial charge in [-0.3, -0.25) is 4.90 Å². The van der Waals surface area contributed by atoms with Crippen molar-refractivity contribution in [3.05, 3.63) is 35.4 Å². The number of benzene rings is 1. The van der Waals surface area contributed by atoms with Crippen LogP contribution in [0.1, 0.15) is 18.0 Å². The molecule has 1 rings (SSSR count). The lowest BCUT2D eigenvalue weighted by Gasteiger charge is -2.27. The summed E-state index contributed by atoms with van der Waals surface area (Å²) in [5, 5.41) is 0. The van der Waals surface area contributed by atoms with Gasteiger partial charge in [-0.2, -0.15) is 0 Å². The molecular formula is C13H20F2N2O. The van der Waals surface area contributed by atoms with Gasteiger partial charge in [-0.1, -0.05) is 6.07 Å². The first-order valence-electron chi connectivity index (χ1n) is 5.94. The molecule has 1 unspecified atom stereocenters. The predicted molar refractivity (Wildman–Crippen MR) is 67.3 cm³/mol. The average molecular weight is 258 g/mol. The van der Waals surface area contributed by atoms with Gasteiger partial charge in [0.05, 0.1) is 0 Å². The Hall–Kier alpha value is -1.04. The number of nitrogens with two attached hydrogens (primary N) is 1. The lowest BCUT2D eigenvalue weighted by Crippen LogP contribution is -2.31. The highest BCUT2D eigenvalue weighted by Crippen LogP contribution is 2.20. The van der Waals surface area contributed by atoms with Crippen LogP contribution < -0.4 is 5.73 Å². The number of methoxy groups -OCH3 is 1. The topological polar surface area (TPSA) is 38.5 Å². The summed E-state index contributed by atoms with van der Waals surface area (Å²) >= 11 is 0. The van der Waals surface area contributed by atoms with Crippen LogP contribution in [0.5, 0.6) is 0 Å². The first kappa shape index (κ1) is 15.0. The van der Waals surface area contributed by atoms with E-state index in [9.17, 15) is 8.78 Å². The third-order valence-electron chi connectivity index (χ3n) is 2.94. The van der Waals surface area contributed by atoms with Crippen molar-refractivity contribution >= 4 is 0 Å². The minimum Gasteiger partial charge on any atom is -0.385 e. The van der Waals surface area contributed by atoms with E-state index in [2.05, 4.69) is 0 Å². The molecule has 1 atom stereocenters. The van der Waals surface area contributed by atoms with Crippen molar-refractivity contribution in [2.75, 3.05) is 33.9 Å². The molecule has 0 amide bonds. The summed E-state index contributed by atoms with van der Waals surface area (Å²) in [6.07, 6.45) is 0.868. The number of hydrogen-bond donors (Lipinski definition) is 1. The van der Waals surface area contributed by atoms with Crippen LogP contribution in [-0.4, -0.2) is 38.8 Å². The zero-order chi connectivity index (χ0) is 13.5. The monoisotopic (exact) mass is 258 g/mol. The zero-order valence-corrected chi connectivity index (χ0v) is 10.8. The molecule has 2 N–H and O–H groups in total. The van der Waals surface area contributed by atoms with Crippen LogP contribution in [0.2, 0.25) is 0 Å². The van der Waals surface area contributed by atoms with Gasteiger partial charge in [-0.25, -0.2) is 8.78 Å². The minimum atomic E-state index is -0.837. The largest absolute Gasteiger partial charge is 0.385 e. The Morgan fingerprint density at radius 3 is 2.61 bits per heavy atom. The summed E-state index contributed by atoms with van der Waals surface area (Å²) in [5.74, 6) is -1.67. The van der Waals surface area contributed by atoms with Crippen molar-refractivity contribution in [3.63, 3.8) is 0 Å². The molecule has 18 heavy (non-hydrogen) atoms. The molecule has 1 aromatic carbocycles. The Kier molecular flexibility index (Phi) is 6.18. The van der Waals surface area contributed by atoms with Crippen molar-refractivity contribution in [1.82, 2.24) is 4.90 Å². The molecule has 0 bridgehead atoms. The molecule has 0 aliphatic heterocycles. The first-order valence-corrected chi connectivity index (χ1v) is 5.94. The van der Waals surface area contributed by atoms with E-state index in [1.807, 2.05) is 11.9 Å². The zero-order valence-electron chi connectivity index (χ0n) is 10.8. The number of rotatable bonds is 7. The van der Waals surface area contributed by atoms with Gasteiger partial charge in [-0.15, -0.1) is 0 Å². The van der Waals surface area contributed by atoms with Crippen molar-refractivity contribution in [3.8, 4) is 0 Å². The Labute approximate surface area is 107 Å². The summed E-state index contributed by atoms with van der Waals surface area (Å²) in [6.45, 7) is 1.81. The SMILES string of the molecule is COCCCN(C)C(CN)c1ccc(F)c(F)c1. The van der Waals surface area contributed by atoms with Crippen LogP contribution in [0.15, 0.2) is 18.2 Å². The fourth-order valence-electron chi connectivity index (χ4n) is 1.90. The maximum absolute atomic E-state index is 13.2. The molecule has 5 heteroatoms. The number of ether oxygens (including phenoxy) is 1. The van der Waals surface area contributed by atoms with Gasteiger partial charge < -0.3 is 10.5 Å². The molecule has 0 saturated heterocycles. The second-order valence-electron chi connectivity index (χ2n) is 4.25. The molecule has 0 aliphatic rings. The van der Waals surface area contributed by atoms with Crippen molar-refractivity contribution in [2.24, 2.45) is 5.73 Å². The Balaban J connectivity index is 2.72. The number of hydrogen-bond acceptors (Lipinski definition) is 3. The molecule has 102 valence electrons. The summed E-state index contributed by atoms with van der Waals surface area (Å²) in [4.78, 5) is 2.02. The van der Waals surface area contributed by atoms with Crippen molar-refractivity contribution < 1.29 is 13.5 Å². The molecule has 0 spiro atoms. The fourth-order valence-corrected chi connectivity index (χ4v) is 1.90. The maximum Gasteiger partial charge on any atom is 0.159 e. The fraction of sp³-hybridized carbons (Fsp3) is 0.538. The van der Waals surface area contributed by atoms with E-state index in [1.54, 1.807) is 13.2 Å². The standard InChI is InChI=1S/C13H20F2N2O/c1-17(6-3-7-18-2)13(9-16)10-4-5-11(14)12(15)8-10/h4-5,8,13H,3,6-7,9,16H2,1-2H3. The lowest BCUT2D eigenvalue weighted by molar-refractivity contribution is 0.166. The van der Waals surface area contributed by atoms with E-state index >= 15 is 0 Å². The summed E-state index contributed by atoms with van der Waals surface area (Å²) in [7, 11) is 3.56. The van der Waals surface area contributed by atoms with Gasteiger partial charge in [0.2, 0.25) is 0 Å². The summed E-state index contributed by atoms with van der Waals surface area (Å²) in [6, 6.07) is 3.80. The number of halogens is 2. The van der Waals surface area contributed by atoms with Gasteiger partial charge in [0.1, 0.15) is 0 Å². The number of nitrogens with zero attached hydrogens (tertiary/aromatic N) is 1. The van der Waals surface area contributed by atoms with Crippen LogP contribution in [-0.2, 0) is 4.74 Å². The van der Waals surface area contributed by atoms with E-state index in [4.69, 9.17) is 10.5 Å². The van der Waals surface area contributed by atoms with Crippen LogP contribution in [0.25, 0.3) is 0 Å². The summed E-state index contributed by atoms with van der Waals surface area (Å²) < 4.78 is 31.0. The van der Waals surface area contributed by atoms with E-state index in [0.717, 1.165) is 19.0 Å². The van der Waals surface area contributed by atoms with Crippen LogP contribution in [0, 0.1) is 11.6 Å². The van der Waals surface area contributed by atoms with E-state index in [0.29, 0.717) is 18.7 Å². The quantitative estimate of drug-likeness (QED) is 0.760. The minimum absolute atomic E-state index is 0.114. The molecule has 0 heterocycles. The molecule has 0 fully saturated rings. The van der Waals surface area contributed by atoms with E-state index in [-0.39, 0.29) is 6.04 Å². The Morgan fingerprint density at radius 1 is 1.33 bits per heavy atom. The van der Waals surface area contributed by atoms with Crippen molar-refractivity contribution in [2.45, 2.75) is 12.5 Å². The molecule has 0 aliphatic carbocycles. The van der Waals surface area contributed by atoms with Gasteiger partial charge in [0.15, 0.2) is 11.6 Å². The maximum atomic E-state index is 13.2. The third kappa shape index (κ3) is 4.01. The molecule has 0 aromatic heterocycles. The smallest absolute Gasteiger partial charge is 0.159 e. The molecule has 0 saturated carbocycles. The van der Waals surface area contributed by atoms with Gasteiger partial charge in [0, 0.05) is 32.8 Å². The highest BCUT2D eigenvalue weighted by molar-refractivity contribution is 5.21. The second kappa shape index (κ2) is 7.41. The second-order valence-corrected chi connectivity index (χ2v) is 4.25. The molecule has 1 aromatic rings. The van der Waals surface area contributed by atoms with Crippen LogP contribution in [0.3, 0.4) is 0 Å². The molecular weight excluding hydrogens is 238 g/mol. The van der Waals surface area contributed by atoms with Gasteiger partial charge in [-0.05, 0) is 31.2 Å². The summed E-state index contributed by atoms with van der Waals surface area (Å²) in [5.41, 5.74) is 6.40. The lowest BCUT2D eigenvalue weighted by atomic mass is 10.1. The van der Waals surface area contributed by atoms with Gasteiger partial charge >= 0.3 is 0 Å².